The van der Waals surface area contributed by atoms with E-state index in [9.17, 15) is 4.79 Å². The van der Waals surface area contributed by atoms with Gasteiger partial charge in [0, 0.05) is 29.1 Å². The molecule has 0 fully saturated rings. The van der Waals surface area contributed by atoms with Crippen molar-refractivity contribution in [2.45, 2.75) is 37.8 Å². The van der Waals surface area contributed by atoms with Crippen LogP contribution in [0.4, 0.5) is 0 Å². The summed E-state index contributed by atoms with van der Waals surface area (Å²) in [4.78, 5) is 21.9. The fourth-order valence-electron chi connectivity index (χ4n) is 4.20. The molecule has 5 rings (SSSR count). The molecular formula is C30H27ClN4OS. The molecule has 5 nitrogen and oxygen atoms in total. The molecule has 186 valence electrons. The molecule has 0 spiro atoms. The number of halogens is 1. The van der Waals surface area contributed by atoms with Crippen LogP contribution in [0.15, 0.2) is 90.3 Å². The Bertz CT molecular complexity index is 1560. The fraction of sp³-hybridized carbons (Fsp3) is 0.167. The maximum atomic E-state index is 12.8. The van der Waals surface area contributed by atoms with Crippen LogP contribution in [0.5, 0.6) is 0 Å². The van der Waals surface area contributed by atoms with E-state index in [4.69, 9.17) is 16.6 Å². The zero-order valence-electron chi connectivity index (χ0n) is 20.7. The monoisotopic (exact) mass is 526 g/mol. The third-order valence-electron chi connectivity index (χ3n) is 6.27. The molecule has 2 heterocycles. The normalized spacial score (nSPS) is 11.1. The van der Waals surface area contributed by atoms with Gasteiger partial charge in [0.1, 0.15) is 0 Å². The van der Waals surface area contributed by atoms with Gasteiger partial charge < -0.3 is 9.88 Å². The number of carbonyl (C=O) groups excluding carboxylic acids is 1. The van der Waals surface area contributed by atoms with Crippen LogP contribution in [0.2, 0.25) is 5.02 Å². The predicted molar refractivity (Wildman–Crippen MR) is 151 cm³/mol. The first-order valence-electron chi connectivity index (χ1n) is 12.1. The Balaban J connectivity index is 1.30. The number of aromatic nitrogens is 3. The van der Waals surface area contributed by atoms with Crippen molar-refractivity contribution in [3.63, 3.8) is 0 Å². The largest absolute Gasteiger partial charge is 0.348 e. The molecular weight excluding hydrogens is 500 g/mol. The van der Waals surface area contributed by atoms with Crippen LogP contribution in [-0.4, -0.2) is 20.4 Å². The molecule has 0 aliphatic carbocycles. The maximum Gasteiger partial charge on any atom is 0.251 e. The summed E-state index contributed by atoms with van der Waals surface area (Å²) in [5, 5.41) is 4.69. The van der Waals surface area contributed by atoms with Crippen LogP contribution in [0, 0.1) is 13.8 Å². The zero-order chi connectivity index (χ0) is 25.8. The van der Waals surface area contributed by atoms with Gasteiger partial charge in [0.15, 0.2) is 5.16 Å². The van der Waals surface area contributed by atoms with Crippen molar-refractivity contribution in [2.75, 3.05) is 0 Å². The summed E-state index contributed by atoms with van der Waals surface area (Å²) in [7, 11) is 0. The molecule has 0 aliphatic heterocycles. The number of fused-ring (bicyclic) bond motifs is 1. The minimum Gasteiger partial charge on any atom is -0.348 e. The van der Waals surface area contributed by atoms with Crippen LogP contribution in [-0.2, 0) is 18.8 Å². The SMILES string of the molecule is Cc1ccc(C)c(CNC(=O)c2ccc(Cn3c(SCc4cccc(Cl)c4)nc4ccncc43)cc2)c1. The summed E-state index contributed by atoms with van der Waals surface area (Å²) >= 11 is 7.83. The van der Waals surface area contributed by atoms with E-state index in [0.29, 0.717) is 18.7 Å². The highest BCUT2D eigenvalue weighted by Gasteiger charge is 2.13. The number of nitrogens with one attached hydrogen (secondary N) is 1. The quantitative estimate of drug-likeness (QED) is 0.222. The molecule has 2 aromatic heterocycles. The number of benzene rings is 3. The molecule has 7 heteroatoms. The van der Waals surface area contributed by atoms with E-state index >= 15 is 0 Å². The third-order valence-corrected chi connectivity index (χ3v) is 7.56. The lowest BCUT2D eigenvalue weighted by Gasteiger charge is -2.11. The van der Waals surface area contributed by atoms with Gasteiger partial charge in [-0.25, -0.2) is 4.98 Å². The lowest BCUT2D eigenvalue weighted by Crippen LogP contribution is -2.23. The van der Waals surface area contributed by atoms with Crippen LogP contribution in [0.1, 0.15) is 38.2 Å². The van der Waals surface area contributed by atoms with Crippen molar-refractivity contribution in [1.82, 2.24) is 19.9 Å². The first kappa shape index (κ1) is 25.1. The number of hydrogen-bond acceptors (Lipinski definition) is 4. The standard InChI is InChI=1S/C30H27ClN4OS/c1-20-6-7-21(2)25(14-20)16-33-29(36)24-10-8-22(9-11-24)18-35-28-17-32-13-12-27(28)34-30(35)37-19-23-4-3-5-26(31)15-23/h3-15,17H,16,18-19H2,1-2H3,(H,33,36). The summed E-state index contributed by atoms with van der Waals surface area (Å²) < 4.78 is 2.17. The van der Waals surface area contributed by atoms with Crippen molar-refractivity contribution in [1.29, 1.82) is 0 Å². The number of thioether (sulfide) groups is 1. The number of imidazole rings is 1. The van der Waals surface area contributed by atoms with Gasteiger partial charge >= 0.3 is 0 Å². The van der Waals surface area contributed by atoms with Gasteiger partial charge in [0.25, 0.3) is 5.91 Å². The molecule has 37 heavy (non-hydrogen) atoms. The summed E-state index contributed by atoms with van der Waals surface area (Å²) in [5.74, 6) is 0.680. The highest BCUT2D eigenvalue weighted by Crippen LogP contribution is 2.28. The number of pyridine rings is 1. The highest BCUT2D eigenvalue weighted by atomic mass is 35.5. The molecule has 0 radical (unpaired) electrons. The van der Waals surface area contributed by atoms with Crippen molar-refractivity contribution in [3.05, 3.63) is 124 Å². The van der Waals surface area contributed by atoms with Gasteiger partial charge in [0.2, 0.25) is 0 Å². The Morgan fingerprint density at radius 2 is 1.84 bits per heavy atom. The Kier molecular flexibility index (Phi) is 7.58. The molecule has 0 saturated carbocycles. The summed E-state index contributed by atoms with van der Waals surface area (Å²) in [6, 6.07) is 23.9. The van der Waals surface area contributed by atoms with Gasteiger partial charge in [-0.15, -0.1) is 0 Å². The second-order valence-corrected chi connectivity index (χ2v) is 10.5. The van der Waals surface area contributed by atoms with E-state index in [1.807, 2.05) is 54.7 Å². The van der Waals surface area contributed by atoms with Crippen molar-refractivity contribution in [3.8, 4) is 0 Å². The van der Waals surface area contributed by atoms with Gasteiger partial charge in [-0.05, 0) is 66.4 Å². The number of amides is 1. The van der Waals surface area contributed by atoms with E-state index in [1.54, 1.807) is 18.0 Å². The summed E-state index contributed by atoms with van der Waals surface area (Å²) in [6.07, 6.45) is 3.61. The average molecular weight is 527 g/mol. The third kappa shape index (κ3) is 6.04. The topological polar surface area (TPSA) is 59.8 Å². The molecule has 5 aromatic rings. The highest BCUT2D eigenvalue weighted by molar-refractivity contribution is 7.98. The second kappa shape index (κ2) is 11.2. The number of hydrogen-bond donors (Lipinski definition) is 1. The molecule has 0 atom stereocenters. The Labute approximate surface area is 225 Å². The average Bonchev–Trinajstić information content (AvgIpc) is 3.25. The molecule has 0 unspecified atom stereocenters. The van der Waals surface area contributed by atoms with Crippen LogP contribution in [0.3, 0.4) is 0 Å². The minimum atomic E-state index is -0.0810. The van der Waals surface area contributed by atoms with Gasteiger partial charge in [-0.2, -0.15) is 0 Å². The zero-order valence-corrected chi connectivity index (χ0v) is 22.3. The van der Waals surface area contributed by atoms with Gasteiger partial charge in [0.05, 0.1) is 23.8 Å². The molecule has 0 bridgehead atoms. The van der Waals surface area contributed by atoms with Crippen molar-refractivity contribution in [2.24, 2.45) is 0 Å². The maximum absolute atomic E-state index is 12.8. The molecule has 0 saturated heterocycles. The minimum absolute atomic E-state index is 0.0810. The first-order valence-corrected chi connectivity index (χ1v) is 13.4. The van der Waals surface area contributed by atoms with Crippen LogP contribution >= 0.6 is 23.4 Å². The van der Waals surface area contributed by atoms with Gasteiger partial charge in [-0.3, -0.25) is 9.78 Å². The van der Waals surface area contributed by atoms with E-state index in [2.05, 4.69) is 53.0 Å². The van der Waals surface area contributed by atoms with E-state index in [-0.39, 0.29) is 5.91 Å². The lowest BCUT2D eigenvalue weighted by molar-refractivity contribution is 0.0951. The molecule has 3 aromatic carbocycles. The summed E-state index contributed by atoms with van der Waals surface area (Å²) in [6.45, 7) is 5.26. The van der Waals surface area contributed by atoms with E-state index in [0.717, 1.165) is 43.7 Å². The number of nitrogens with zero attached hydrogens (tertiary/aromatic N) is 3. The molecule has 0 aliphatic rings. The number of rotatable bonds is 8. The predicted octanol–water partition coefficient (Wildman–Crippen LogP) is 6.97. The first-order chi connectivity index (χ1) is 18.0. The van der Waals surface area contributed by atoms with E-state index < -0.39 is 0 Å². The van der Waals surface area contributed by atoms with Gasteiger partial charge in [-0.1, -0.05) is 71.4 Å². The van der Waals surface area contributed by atoms with E-state index in [1.165, 1.54) is 11.1 Å². The summed E-state index contributed by atoms with van der Waals surface area (Å²) in [5.41, 5.74) is 8.25. The van der Waals surface area contributed by atoms with Crippen molar-refractivity contribution >= 4 is 40.3 Å². The second-order valence-electron chi connectivity index (χ2n) is 9.07. The smallest absolute Gasteiger partial charge is 0.251 e. The number of aryl methyl sites for hydroxylation is 2. The Morgan fingerprint density at radius 3 is 2.65 bits per heavy atom. The van der Waals surface area contributed by atoms with Crippen LogP contribution < -0.4 is 5.32 Å². The Morgan fingerprint density at radius 1 is 1.00 bits per heavy atom. The number of carbonyl (C=O) groups is 1. The fourth-order valence-corrected chi connectivity index (χ4v) is 5.37. The van der Waals surface area contributed by atoms with Crippen LogP contribution in [0.25, 0.3) is 11.0 Å². The lowest BCUT2D eigenvalue weighted by atomic mass is 10.1. The Hall–Kier alpha value is -3.61. The van der Waals surface area contributed by atoms with Crippen molar-refractivity contribution < 1.29 is 4.79 Å². The molecule has 1 amide bonds. The molecule has 1 N–H and O–H groups in total.